The summed E-state index contributed by atoms with van der Waals surface area (Å²) in [7, 11) is 0. The summed E-state index contributed by atoms with van der Waals surface area (Å²) in [6.45, 7) is 1.52. The number of hydrogen-bond donors (Lipinski definition) is 0. The summed E-state index contributed by atoms with van der Waals surface area (Å²) in [5, 5.41) is 1.83. The van der Waals surface area contributed by atoms with E-state index < -0.39 is 0 Å². The Bertz CT molecular complexity index is 555. The van der Waals surface area contributed by atoms with Crippen LogP contribution in [0.5, 0.6) is 0 Å². The van der Waals surface area contributed by atoms with Crippen LogP contribution < -0.4 is 0 Å². The zero-order valence-electron chi connectivity index (χ0n) is 8.86. The molecule has 1 aromatic rings. The largest absolute Gasteiger partial charge is 0.294 e. The minimum atomic E-state index is 0.0444. The van der Waals surface area contributed by atoms with Gasteiger partial charge in [0.2, 0.25) is 0 Å². The molecular formula is C14H10OS. The minimum absolute atomic E-state index is 0.0444. The molecule has 16 heavy (non-hydrogen) atoms. The van der Waals surface area contributed by atoms with Crippen molar-refractivity contribution in [3.05, 3.63) is 46.2 Å². The second kappa shape index (κ2) is 4.34. The molecule has 2 aliphatic rings. The monoisotopic (exact) mass is 226 g/mol. The Kier molecular flexibility index (Phi) is 2.89. The van der Waals surface area contributed by atoms with Crippen LogP contribution in [0.2, 0.25) is 0 Å². The standard InChI is InChI=1S/C8H6OS.C6H4/c1-3-7-4-5-10-8(7)6(2)9;1-2-5-4-6(5)3-1/h1,4-5H,2H3;1-4H. The first-order chi connectivity index (χ1) is 7.72. The van der Waals surface area contributed by atoms with Gasteiger partial charge in [-0.25, -0.2) is 0 Å². The minimum Gasteiger partial charge on any atom is -0.294 e. The van der Waals surface area contributed by atoms with Crippen LogP contribution in [-0.2, 0) is 0 Å². The van der Waals surface area contributed by atoms with Gasteiger partial charge in [0.1, 0.15) is 0 Å². The highest BCUT2D eigenvalue weighted by Crippen LogP contribution is 2.32. The van der Waals surface area contributed by atoms with Crippen LogP contribution in [0, 0.1) is 12.3 Å². The average molecular weight is 226 g/mol. The van der Waals surface area contributed by atoms with E-state index in [0.29, 0.717) is 10.4 Å². The maximum Gasteiger partial charge on any atom is 0.170 e. The van der Waals surface area contributed by atoms with E-state index in [-0.39, 0.29) is 5.78 Å². The molecule has 1 nitrogen and oxygen atoms in total. The maximum absolute atomic E-state index is 10.8. The van der Waals surface area contributed by atoms with Crippen LogP contribution >= 0.6 is 11.3 Å². The summed E-state index contributed by atoms with van der Waals surface area (Å²) >= 11 is 1.39. The van der Waals surface area contributed by atoms with E-state index in [1.165, 1.54) is 29.4 Å². The van der Waals surface area contributed by atoms with Crippen LogP contribution in [0.25, 0.3) is 11.1 Å². The van der Waals surface area contributed by atoms with Gasteiger partial charge in [0.15, 0.2) is 5.78 Å². The summed E-state index contributed by atoms with van der Waals surface area (Å²) in [5.74, 6) is 2.49. The molecule has 3 rings (SSSR count). The number of carbonyl (C=O) groups is 1. The highest BCUT2D eigenvalue weighted by atomic mass is 32.1. The van der Waals surface area contributed by atoms with E-state index in [1.54, 1.807) is 6.07 Å². The number of fused-ring (bicyclic) bond motifs is 1. The van der Waals surface area contributed by atoms with Crippen molar-refractivity contribution in [2.75, 3.05) is 0 Å². The van der Waals surface area contributed by atoms with Gasteiger partial charge in [-0.1, -0.05) is 24.1 Å². The number of terminal acetylenes is 1. The van der Waals surface area contributed by atoms with Crippen molar-refractivity contribution in [1.82, 2.24) is 0 Å². The fourth-order valence-electron chi connectivity index (χ4n) is 1.37. The molecule has 0 N–H and O–H groups in total. The molecule has 0 atom stereocenters. The Morgan fingerprint density at radius 1 is 1.31 bits per heavy atom. The van der Waals surface area contributed by atoms with Gasteiger partial charge < -0.3 is 0 Å². The first kappa shape index (κ1) is 10.7. The zero-order chi connectivity index (χ0) is 11.5. The lowest BCUT2D eigenvalue weighted by Crippen LogP contribution is -1.88. The summed E-state index contributed by atoms with van der Waals surface area (Å²) in [4.78, 5) is 11.5. The van der Waals surface area contributed by atoms with Crippen LogP contribution in [0.1, 0.15) is 22.2 Å². The van der Waals surface area contributed by atoms with Gasteiger partial charge in [-0.15, -0.1) is 17.8 Å². The van der Waals surface area contributed by atoms with Crippen LogP contribution in [0.4, 0.5) is 0 Å². The predicted molar refractivity (Wildman–Crippen MR) is 67.7 cm³/mol. The van der Waals surface area contributed by atoms with Crippen LogP contribution in [0.15, 0.2) is 35.7 Å². The Morgan fingerprint density at radius 2 is 2.00 bits per heavy atom. The summed E-state index contributed by atoms with van der Waals surface area (Å²) < 4.78 is 0. The van der Waals surface area contributed by atoms with Gasteiger partial charge in [-0.3, -0.25) is 4.79 Å². The van der Waals surface area contributed by atoms with Crippen molar-refractivity contribution in [3.8, 4) is 23.5 Å². The van der Waals surface area contributed by atoms with Gasteiger partial charge in [0.25, 0.3) is 0 Å². The molecule has 1 heterocycles. The quantitative estimate of drug-likeness (QED) is 0.457. The molecule has 78 valence electrons. The average Bonchev–Trinajstić information content (AvgIpc) is 2.72. The molecule has 1 aromatic heterocycles. The number of carbonyl (C=O) groups excluding carboxylic acids is 1. The van der Waals surface area contributed by atoms with E-state index in [0.717, 1.165) is 0 Å². The number of benzene rings is 1. The SMILES string of the molecule is C#Cc1ccsc1C(C)=O.c1cc2cc-2c1. The summed E-state index contributed by atoms with van der Waals surface area (Å²) in [6.07, 6.45) is 5.14. The molecule has 0 amide bonds. The molecule has 0 fully saturated rings. The van der Waals surface area contributed by atoms with Crippen molar-refractivity contribution in [3.63, 3.8) is 0 Å². The van der Waals surface area contributed by atoms with Gasteiger partial charge >= 0.3 is 0 Å². The normalized spacial score (nSPS) is 9.75. The van der Waals surface area contributed by atoms with E-state index in [9.17, 15) is 4.79 Å². The molecule has 2 heteroatoms. The molecular weight excluding hydrogens is 216 g/mol. The van der Waals surface area contributed by atoms with Crippen molar-refractivity contribution in [2.45, 2.75) is 6.92 Å². The van der Waals surface area contributed by atoms with Crippen molar-refractivity contribution in [1.29, 1.82) is 0 Å². The first-order valence-electron chi connectivity index (χ1n) is 4.88. The lowest BCUT2D eigenvalue weighted by Gasteiger charge is -1.87. The lowest BCUT2D eigenvalue weighted by molar-refractivity contribution is 0.102. The highest BCUT2D eigenvalue weighted by Gasteiger charge is 2.07. The highest BCUT2D eigenvalue weighted by molar-refractivity contribution is 7.12. The van der Waals surface area contributed by atoms with Crippen molar-refractivity contribution >= 4 is 17.1 Å². The molecule has 0 aromatic carbocycles. The van der Waals surface area contributed by atoms with Gasteiger partial charge in [-0.2, -0.15) is 0 Å². The Morgan fingerprint density at radius 3 is 2.31 bits per heavy atom. The Balaban J connectivity index is 0.000000134. The van der Waals surface area contributed by atoms with Crippen LogP contribution in [0.3, 0.4) is 0 Å². The second-order valence-electron chi connectivity index (χ2n) is 3.44. The number of thiophene rings is 1. The lowest BCUT2D eigenvalue weighted by atomic mass is 10.2. The van der Waals surface area contributed by atoms with Gasteiger partial charge in [-0.05, 0) is 35.6 Å². The number of hydrogen-bond acceptors (Lipinski definition) is 2. The van der Waals surface area contributed by atoms with E-state index in [4.69, 9.17) is 6.42 Å². The second-order valence-corrected chi connectivity index (χ2v) is 4.36. The molecule has 2 aliphatic carbocycles. The molecule has 0 saturated carbocycles. The van der Waals surface area contributed by atoms with Gasteiger partial charge in [0.05, 0.1) is 4.88 Å². The number of Topliss-reactive ketones (excluding diaryl/α,β-unsaturated/α-hetero) is 1. The smallest absolute Gasteiger partial charge is 0.170 e. The fraction of sp³-hybridized carbons (Fsp3) is 0.0714. The van der Waals surface area contributed by atoms with Gasteiger partial charge in [0, 0.05) is 5.56 Å². The number of rotatable bonds is 1. The molecule has 0 unspecified atom stereocenters. The van der Waals surface area contributed by atoms with Crippen LogP contribution in [-0.4, -0.2) is 5.78 Å². The topological polar surface area (TPSA) is 17.1 Å². The molecule has 0 bridgehead atoms. The third-order valence-corrected chi connectivity index (χ3v) is 3.27. The fourth-order valence-corrected chi connectivity index (χ4v) is 2.13. The van der Waals surface area contributed by atoms with Crippen molar-refractivity contribution in [2.24, 2.45) is 0 Å². The van der Waals surface area contributed by atoms with E-state index in [1.807, 2.05) is 5.38 Å². The molecule has 0 spiro atoms. The summed E-state index contributed by atoms with van der Waals surface area (Å²) in [5.41, 5.74) is 3.56. The third kappa shape index (κ3) is 2.21. The Hall–Kier alpha value is -1.85. The van der Waals surface area contributed by atoms with Crippen molar-refractivity contribution < 1.29 is 4.79 Å². The number of ketones is 1. The molecule has 0 saturated heterocycles. The van der Waals surface area contributed by atoms with E-state index >= 15 is 0 Å². The summed E-state index contributed by atoms with van der Waals surface area (Å²) in [6, 6.07) is 10.3. The first-order valence-corrected chi connectivity index (χ1v) is 5.76. The third-order valence-electron chi connectivity index (χ3n) is 2.25. The molecule has 0 radical (unpaired) electrons. The maximum atomic E-state index is 10.8. The zero-order valence-corrected chi connectivity index (χ0v) is 9.67. The predicted octanol–water partition coefficient (Wildman–Crippen LogP) is 3.60. The van der Waals surface area contributed by atoms with E-state index in [2.05, 4.69) is 30.2 Å². The Labute approximate surface area is 98.7 Å². The molecule has 0 aliphatic heterocycles.